The van der Waals surface area contributed by atoms with E-state index in [-0.39, 0.29) is 18.9 Å². The topological polar surface area (TPSA) is 91.4 Å². The van der Waals surface area contributed by atoms with Gasteiger partial charge in [0, 0.05) is 6.20 Å². The molecule has 0 unspecified atom stereocenters. The quantitative estimate of drug-likeness (QED) is 0.816. The van der Waals surface area contributed by atoms with Crippen molar-refractivity contribution < 1.29 is 14.4 Å². The Bertz CT molecular complexity index is 749. The molecule has 2 heterocycles. The number of amides is 4. The second-order valence-electron chi connectivity index (χ2n) is 5.38. The Hall–Kier alpha value is -3.22. The van der Waals surface area contributed by atoms with Gasteiger partial charge in [-0.15, -0.1) is 0 Å². The molecular weight excluding hydrogens is 308 g/mol. The van der Waals surface area contributed by atoms with Crippen LogP contribution in [0.2, 0.25) is 0 Å². The summed E-state index contributed by atoms with van der Waals surface area (Å²) in [6, 6.07) is 13.0. The number of hydrogen-bond donors (Lipinski definition) is 2. The van der Waals surface area contributed by atoms with Crippen molar-refractivity contribution >= 4 is 23.7 Å². The van der Waals surface area contributed by atoms with Gasteiger partial charge in [-0.3, -0.25) is 14.5 Å². The van der Waals surface area contributed by atoms with Gasteiger partial charge in [0.2, 0.25) is 5.91 Å². The summed E-state index contributed by atoms with van der Waals surface area (Å²) >= 11 is 0. The Balaban J connectivity index is 1.60. The van der Waals surface area contributed by atoms with E-state index in [1.54, 1.807) is 24.4 Å². The Labute approximate surface area is 138 Å². The van der Waals surface area contributed by atoms with Crippen molar-refractivity contribution in [2.45, 2.75) is 19.0 Å². The van der Waals surface area contributed by atoms with Crippen LogP contribution >= 0.6 is 0 Å². The number of aromatic nitrogens is 1. The van der Waals surface area contributed by atoms with E-state index in [4.69, 9.17) is 0 Å². The van der Waals surface area contributed by atoms with E-state index < -0.39 is 18.0 Å². The lowest BCUT2D eigenvalue weighted by molar-refractivity contribution is -0.130. The molecule has 122 valence electrons. The SMILES string of the molecule is O=C(C[C@H]1NC(=O)N(Cc2ccccc2)C1=O)Nc1ccccn1. The minimum Gasteiger partial charge on any atom is -0.325 e. The fourth-order valence-corrected chi connectivity index (χ4v) is 2.45. The Morgan fingerprint density at radius 1 is 1.12 bits per heavy atom. The van der Waals surface area contributed by atoms with Gasteiger partial charge in [-0.25, -0.2) is 9.78 Å². The average molecular weight is 324 g/mol. The Morgan fingerprint density at radius 2 is 1.88 bits per heavy atom. The zero-order chi connectivity index (χ0) is 16.9. The molecule has 1 aliphatic rings. The molecule has 7 heteroatoms. The fraction of sp³-hybridized carbons (Fsp3) is 0.176. The lowest BCUT2D eigenvalue weighted by Crippen LogP contribution is -2.34. The molecule has 3 rings (SSSR count). The smallest absolute Gasteiger partial charge is 0.325 e. The van der Waals surface area contributed by atoms with Crippen LogP contribution in [0.3, 0.4) is 0 Å². The highest BCUT2D eigenvalue weighted by Gasteiger charge is 2.38. The molecule has 0 aliphatic carbocycles. The second kappa shape index (κ2) is 6.91. The van der Waals surface area contributed by atoms with E-state index in [2.05, 4.69) is 15.6 Å². The summed E-state index contributed by atoms with van der Waals surface area (Å²) in [6.07, 6.45) is 1.42. The lowest BCUT2D eigenvalue weighted by Gasteiger charge is -2.13. The number of imide groups is 1. The lowest BCUT2D eigenvalue weighted by atomic mass is 10.1. The highest BCUT2D eigenvalue weighted by atomic mass is 16.2. The van der Waals surface area contributed by atoms with Crippen LogP contribution in [-0.4, -0.2) is 33.8 Å². The molecule has 1 fully saturated rings. The maximum Gasteiger partial charge on any atom is 0.325 e. The minimum atomic E-state index is -0.857. The number of rotatable bonds is 5. The summed E-state index contributed by atoms with van der Waals surface area (Å²) in [5.41, 5.74) is 0.847. The second-order valence-corrected chi connectivity index (χ2v) is 5.38. The first-order chi connectivity index (χ1) is 11.6. The van der Waals surface area contributed by atoms with Gasteiger partial charge in [0.1, 0.15) is 11.9 Å². The largest absolute Gasteiger partial charge is 0.325 e. The first-order valence-electron chi connectivity index (χ1n) is 7.50. The van der Waals surface area contributed by atoms with Gasteiger partial charge in [-0.05, 0) is 17.7 Å². The summed E-state index contributed by atoms with van der Waals surface area (Å²) in [7, 11) is 0. The van der Waals surface area contributed by atoms with Crippen molar-refractivity contribution in [3.8, 4) is 0 Å². The molecule has 2 aromatic rings. The van der Waals surface area contributed by atoms with Crippen LogP contribution in [0.5, 0.6) is 0 Å². The van der Waals surface area contributed by atoms with Gasteiger partial charge in [-0.2, -0.15) is 0 Å². The van der Waals surface area contributed by atoms with Crippen molar-refractivity contribution in [1.82, 2.24) is 15.2 Å². The maximum absolute atomic E-state index is 12.4. The molecule has 1 aromatic heterocycles. The van der Waals surface area contributed by atoms with Crippen molar-refractivity contribution in [2.75, 3.05) is 5.32 Å². The van der Waals surface area contributed by atoms with Gasteiger partial charge in [0.25, 0.3) is 5.91 Å². The van der Waals surface area contributed by atoms with E-state index in [0.29, 0.717) is 5.82 Å². The van der Waals surface area contributed by atoms with Gasteiger partial charge in [-0.1, -0.05) is 36.4 Å². The molecular formula is C17H16N4O3. The molecule has 7 nitrogen and oxygen atoms in total. The minimum absolute atomic E-state index is 0.133. The monoisotopic (exact) mass is 324 g/mol. The summed E-state index contributed by atoms with van der Waals surface area (Å²) < 4.78 is 0. The molecule has 0 bridgehead atoms. The molecule has 2 N–H and O–H groups in total. The number of urea groups is 1. The van der Waals surface area contributed by atoms with Crippen LogP contribution in [0.25, 0.3) is 0 Å². The van der Waals surface area contributed by atoms with Crippen LogP contribution < -0.4 is 10.6 Å². The molecule has 1 aromatic carbocycles. The van der Waals surface area contributed by atoms with Gasteiger partial charge in [0.15, 0.2) is 0 Å². The maximum atomic E-state index is 12.4. The summed E-state index contributed by atoms with van der Waals surface area (Å²) in [5, 5.41) is 5.14. The van der Waals surface area contributed by atoms with E-state index in [1.165, 1.54) is 0 Å². The predicted molar refractivity (Wildman–Crippen MR) is 86.8 cm³/mol. The zero-order valence-electron chi connectivity index (χ0n) is 12.8. The third-order valence-electron chi connectivity index (χ3n) is 3.61. The number of anilines is 1. The summed E-state index contributed by atoms with van der Waals surface area (Å²) in [4.78, 5) is 41.5. The van der Waals surface area contributed by atoms with Crippen LogP contribution in [-0.2, 0) is 16.1 Å². The third-order valence-corrected chi connectivity index (χ3v) is 3.61. The van der Waals surface area contributed by atoms with Crippen molar-refractivity contribution in [3.63, 3.8) is 0 Å². The molecule has 0 saturated carbocycles. The molecule has 1 atom stereocenters. The molecule has 4 amide bonds. The van der Waals surface area contributed by atoms with Gasteiger partial charge < -0.3 is 10.6 Å². The van der Waals surface area contributed by atoms with Crippen molar-refractivity contribution in [1.29, 1.82) is 0 Å². The van der Waals surface area contributed by atoms with Crippen LogP contribution in [0, 0.1) is 0 Å². The first-order valence-corrected chi connectivity index (χ1v) is 7.50. The molecule has 0 radical (unpaired) electrons. The van der Waals surface area contributed by atoms with Crippen LogP contribution in [0.4, 0.5) is 10.6 Å². The fourth-order valence-electron chi connectivity index (χ4n) is 2.45. The molecule has 1 aliphatic heterocycles. The molecule has 1 saturated heterocycles. The standard InChI is InChI=1S/C17H16N4O3/c22-15(20-14-8-4-5-9-18-14)10-13-16(23)21(17(24)19-13)11-12-6-2-1-3-7-12/h1-9,13H,10-11H2,(H,19,24)(H,18,20,22)/t13-/m1/s1. The van der Waals surface area contributed by atoms with E-state index in [0.717, 1.165) is 10.5 Å². The van der Waals surface area contributed by atoms with E-state index in [1.807, 2.05) is 30.3 Å². The molecule has 24 heavy (non-hydrogen) atoms. The summed E-state index contributed by atoms with van der Waals surface area (Å²) in [5.74, 6) is -0.380. The Morgan fingerprint density at radius 3 is 2.58 bits per heavy atom. The van der Waals surface area contributed by atoms with Crippen LogP contribution in [0.1, 0.15) is 12.0 Å². The van der Waals surface area contributed by atoms with Gasteiger partial charge in [0.05, 0.1) is 13.0 Å². The highest BCUT2D eigenvalue weighted by molar-refractivity contribution is 6.06. The average Bonchev–Trinajstić information content (AvgIpc) is 2.84. The van der Waals surface area contributed by atoms with Crippen LogP contribution in [0.15, 0.2) is 54.7 Å². The number of pyridine rings is 1. The number of carbonyl (C=O) groups excluding carboxylic acids is 3. The van der Waals surface area contributed by atoms with Crippen molar-refractivity contribution in [2.24, 2.45) is 0 Å². The van der Waals surface area contributed by atoms with Gasteiger partial charge >= 0.3 is 6.03 Å². The number of nitrogens with zero attached hydrogens (tertiary/aromatic N) is 2. The van der Waals surface area contributed by atoms with Crippen molar-refractivity contribution in [3.05, 3.63) is 60.3 Å². The Kier molecular flexibility index (Phi) is 4.51. The normalized spacial score (nSPS) is 16.8. The first kappa shape index (κ1) is 15.7. The zero-order valence-corrected chi connectivity index (χ0v) is 12.8. The van der Waals surface area contributed by atoms with E-state index in [9.17, 15) is 14.4 Å². The highest BCUT2D eigenvalue weighted by Crippen LogP contribution is 2.14. The summed E-state index contributed by atoms with van der Waals surface area (Å²) in [6.45, 7) is 0.184. The predicted octanol–water partition coefficient (Wildman–Crippen LogP) is 1.53. The van der Waals surface area contributed by atoms with E-state index >= 15 is 0 Å². The number of carbonyl (C=O) groups is 3. The number of hydrogen-bond acceptors (Lipinski definition) is 4. The third kappa shape index (κ3) is 3.57. The molecule has 0 spiro atoms. The number of benzene rings is 1. The number of nitrogens with one attached hydrogen (secondary N) is 2.